The van der Waals surface area contributed by atoms with Crippen LogP contribution in [0.4, 0.5) is 5.82 Å². The molecule has 0 bridgehead atoms. The quantitative estimate of drug-likeness (QED) is 0.490. The highest BCUT2D eigenvalue weighted by atomic mass is 35.5. The van der Waals surface area contributed by atoms with Crippen molar-refractivity contribution in [3.05, 3.63) is 11.8 Å². The van der Waals surface area contributed by atoms with Crippen LogP contribution >= 0.6 is 11.6 Å². The van der Waals surface area contributed by atoms with Gasteiger partial charge in [-0.05, 0) is 0 Å². The van der Waals surface area contributed by atoms with Crippen LogP contribution in [0.5, 0.6) is 0 Å². The van der Waals surface area contributed by atoms with Gasteiger partial charge in [0, 0.05) is 5.56 Å². The summed E-state index contributed by atoms with van der Waals surface area (Å²) in [6.07, 6.45) is -0.747. The van der Waals surface area contributed by atoms with E-state index in [-0.39, 0.29) is 11.7 Å². The number of rotatable bonds is 3. The van der Waals surface area contributed by atoms with Crippen LogP contribution in [-0.4, -0.2) is 32.4 Å². The number of aliphatic hydroxyl groups excluding tert-OH is 2. The summed E-state index contributed by atoms with van der Waals surface area (Å²) >= 11 is 5.33. The van der Waals surface area contributed by atoms with Gasteiger partial charge in [0.2, 0.25) is 0 Å². The lowest BCUT2D eigenvalue weighted by Crippen LogP contribution is -2.20. The van der Waals surface area contributed by atoms with E-state index in [0.717, 1.165) is 0 Å². The molecule has 12 heavy (non-hydrogen) atoms. The van der Waals surface area contributed by atoms with Crippen LogP contribution in [0.15, 0.2) is 6.20 Å². The van der Waals surface area contributed by atoms with Crippen LogP contribution in [0.25, 0.3) is 0 Å². The Labute approximate surface area is 74.2 Å². The highest BCUT2D eigenvalue weighted by molar-refractivity contribution is 6.18. The summed E-state index contributed by atoms with van der Waals surface area (Å²) in [7, 11) is 0. The minimum absolute atomic E-state index is 0.0498. The molecule has 1 aromatic rings. The van der Waals surface area contributed by atoms with Crippen molar-refractivity contribution < 1.29 is 10.2 Å². The number of nitrogens with one attached hydrogen (secondary N) is 1. The van der Waals surface area contributed by atoms with Gasteiger partial charge in [0.05, 0.1) is 18.2 Å². The molecule has 1 heterocycles. The molecule has 6 heteroatoms. The van der Waals surface area contributed by atoms with Gasteiger partial charge in [-0.15, -0.1) is 11.6 Å². The monoisotopic (exact) mass is 191 g/mol. The number of nitrogens with two attached hydrogens (primary N) is 1. The number of aromatic amines is 1. The second-order valence-electron chi connectivity index (χ2n) is 2.41. The fourth-order valence-corrected chi connectivity index (χ4v) is 1.00. The first kappa shape index (κ1) is 9.31. The van der Waals surface area contributed by atoms with Crippen molar-refractivity contribution >= 4 is 17.4 Å². The average Bonchev–Trinajstić information content (AvgIpc) is 2.48. The summed E-state index contributed by atoms with van der Waals surface area (Å²) < 4.78 is 0. The van der Waals surface area contributed by atoms with Crippen molar-refractivity contribution in [2.75, 3.05) is 11.6 Å². The Morgan fingerprint density at radius 3 is 2.75 bits per heavy atom. The predicted molar refractivity (Wildman–Crippen MR) is 44.7 cm³/mol. The number of nitrogens with zero attached hydrogens (tertiary/aromatic N) is 1. The van der Waals surface area contributed by atoms with Crippen molar-refractivity contribution in [2.45, 2.75) is 12.2 Å². The number of alkyl halides is 1. The minimum atomic E-state index is -1.08. The number of nitrogen functional groups attached to an aromatic ring is 1. The third-order valence-electron chi connectivity index (χ3n) is 1.54. The van der Waals surface area contributed by atoms with E-state index in [1.165, 1.54) is 6.20 Å². The van der Waals surface area contributed by atoms with Gasteiger partial charge in [-0.3, -0.25) is 5.10 Å². The first-order valence-electron chi connectivity index (χ1n) is 3.37. The molecule has 0 radical (unpaired) electrons. The Morgan fingerprint density at radius 1 is 1.67 bits per heavy atom. The van der Waals surface area contributed by atoms with Crippen molar-refractivity contribution in [2.24, 2.45) is 0 Å². The SMILES string of the molecule is Nc1[nH]ncc1C(O)C(O)CCl. The number of hydrogen-bond donors (Lipinski definition) is 4. The highest BCUT2D eigenvalue weighted by Crippen LogP contribution is 2.21. The number of aliphatic hydroxyl groups is 2. The zero-order valence-corrected chi connectivity index (χ0v) is 6.99. The summed E-state index contributed by atoms with van der Waals surface area (Å²) in [4.78, 5) is 0. The minimum Gasteiger partial charge on any atom is -0.389 e. The van der Waals surface area contributed by atoms with E-state index in [0.29, 0.717) is 5.56 Å². The molecular formula is C6H10ClN3O2. The third-order valence-corrected chi connectivity index (χ3v) is 1.86. The Balaban J connectivity index is 2.77. The Kier molecular flexibility index (Phi) is 2.91. The zero-order valence-electron chi connectivity index (χ0n) is 6.24. The number of H-pyrrole nitrogens is 1. The summed E-state index contributed by atoms with van der Waals surface area (Å²) in [5, 5.41) is 24.6. The zero-order chi connectivity index (χ0) is 9.14. The smallest absolute Gasteiger partial charge is 0.124 e. The maximum Gasteiger partial charge on any atom is 0.124 e. The summed E-state index contributed by atoms with van der Waals surface area (Å²) in [6, 6.07) is 0. The summed E-state index contributed by atoms with van der Waals surface area (Å²) in [5.74, 6) is 0.192. The lowest BCUT2D eigenvalue weighted by molar-refractivity contribution is 0.0332. The van der Waals surface area contributed by atoms with E-state index in [9.17, 15) is 5.11 Å². The molecule has 0 aliphatic heterocycles. The lowest BCUT2D eigenvalue weighted by atomic mass is 10.1. The van der Waals surface area contributed by atoms with Crippen molar-refractivity contribution in [1.29, 1.82) is 0 Å². The van der Waals surface area contributed by atoms with Gasteiger partial charge in [-0.25, -0.2) is 0 Å². The van der Waals surface area contributed by atoms with E-state index in [4.69, 9.17) is 22.4 Å². The van der Waals surface area contributed by atoms with Gasteiger partial charge < -0.3 is 15.9 Å². The maximum atomic E-state index is 9.38. The first-order chi connectivity index (χ1) is 5.66. The fraction of sp³-hybridized carbons (Fsp3) is 0.500. The molecule has 1 aromatic heterocycles. The maximum absolute atomic E-state index is 9.38. The second kappa shape index (κ2) is 3.75. The largest absolute Gasteiger partial charge is 0.389 e. The number of anilines is 1. The number of hydrogen-bond acceptors (Lipinski definition) is 4. The van der Waals surface area contributed by atoms with Gasteiger partial charge in [0.1, 0.15) is 11.9 Å². The van der Waals surface area contributed by atoms with Gasteiger partial charge >= 0.3 is 0 Å². The molecule has 68 valence electrons. The topological polar surface area (TPSA) is 95.2 Å². The molecule has 0 saturated heterocycles. The number of halogens is 1. The Hall–Kier alpha value is -0.780. The molecule has 0 spiro atoms. The molecule has 0 saturated carbocycles. The van der Waals surface area contributed by atoms with E-state index in [1.54, 1.807) is 0 Å². The molecule has 0 fully saturated rings. The Bertz CT molecular complexity index is 253. The normalized spacial score (nSPS) is 15.9. The number of aromatic nitrogens is 2. The standard InChI is InChI=1S/C6H10ClN3O2/c7-1-4(11)5(12)3-2-9-10-6(3)8/h2,4-5,11-12H,1H2,(H3,8,9,10). The average molecular weight is 192 g/mol. The van der Waals surface area contributed by atoms with Crippen molar-refractivity contribution in [3.63, 3.8) is 0 Å². The van der Waals surface area contributed by atoms with Gasteiger partial charge in [0.25, 0.3) is 0 Å². The van der Waals surface area contributed by atoms with Crippen molar-refractivity contribution in [3.8, 4) is 0 Å². The molecule has 0 amide bonds. The van der Waals surface area contributed by atoms with E-state index in [1.807, 2.05) is 0 Å². The fourth-order valence-electron chi connectivity index (χ4n) is 0.833. The van der Waals surface area contributed by atoms with Crippen molar-refractivity contribution in [1.82, 2.24) is 10.2 Å². The molecule has 2 unspecified atom stereocenters. The predicted octanol–water partition coefficient (Wildman–Crippen LogP) is -0.375. The van der Waals surface area contributed by atoms with E-state index < -0.39 is 12.2 Å². The van der Waals surface area contributed by atoms with Crippen LogP contribution in [-0.2, 0) is 0 Å². The Morgan fingerprint density at radius 2 is 2.33 bits per heavy atom. The molecule has 1 rings (SSSR count). The summed E-state index contributed by atoms with van der Waals surface area (Å²) in [6.45, 7) is 0. The molecule has 2 atom stereocenters. The lowest BCUT2D eigenvalue weighted by Gasteiger charge is -2.13. The molecule has 0 aliphatic carbocycles. The second-order valence-corrected chi connectivity index (χ2v) is 2.71. The first-order valence-corrected chi connectivity index (χ1v) is 3.91. The van der Waals surface area contributed by atoms with Gasteiger partial charge in [0.15, 0.2) is 0 Å². The van der Waals surface area contributed by atoms with Crippen LogP contribution in [0, 0.1) is 0 Å². The van der Waals surface area contributed by atoms with Gasteiger partial charge in [-0.1, -0.05) is 0 Å². The molecule has 0 aliphatic rings. The molecule has 0 aromatic carbocycles. The third kappa shape index (κ3) is 1.69. The molecular weight excluding hydrogens is 182 g/mol. The van der Waals surface area contributed by atoms with Crippen LogP contribution < -0.4 is 5.73 Å². The van der Waals surface area contributed by atoms with Crippen LogP contribution in [0.1, 0.15) is 11.7 Å². The summed E-state index contributed by atoms with van der Waals surface area (Å²) in [5.41, 5.74) is 5.77. The molecule has 5 nitrogen and oxygen atoms in total. The van der Waals surface area contributed by atoms with E-state index >= 15 is 0 Å². The van der Waals surface area contributed by atoms with Crippen LogP contribution in [0.3, 0.4) is 0 Å². The van der Waals surface area contributed by atoms with Crippen LogP contribution in [0.2, 0.25) is 0 Å². The highest BCUT2D eigenvalue weighted by Gasteiger charge is 2.20. The molecule has 5 N–H and O–H groups in total. The van der Waals surface area contributed by atoms with Gasteiger partial charge in [-0.2, -0.15) is 5.10 Å². The van der Waals surface area contributed by atoms with E-state index in [2.05, 4.69) is 10.2 Å².